The molecule has 0 aliphatic rings. The van der Waals surface area contributed by atoms with Crippen LogP contribution >= 0.6 is 11.3 Å². The SMILES string of the molecule is C=CCC(C)(C)c1nnc(NC(=O)C(CCC)NC(=O)[C@H](O)c2cc(F)cc(F)c2)s1. The number of allylic oxidation sites excluding steroid dienone is 1. The molecule has 2 amide bonds. The second kappa shape index (κ2) is 10.5. The molecule has 0 spiro atoms. The quantitative estimate of drug-likeness (QED) is 0.478. The van der Waals surface area contributed by atoms with Crippen LogP contribution in [0.4, 0.5) is 13.9 Å². The molecule has 1 aromatic heterocycles. The highest BCUT2D eigenvalue weighted by Crippen LogP contribution is 2.31. The third-order valence-corrected chi connectivity index (χ3v) is 5.75. The molecule has 0 bridgehead atoms. The summed E-state index contributed by atoms with van der Waals surface area (Å²) in [6, 6.07) is 1.37. The van der Waals surface area contributed by atoms with E-state index in [1.165, 1.54) is 11.3 Å². The fourth-order valence-corrected chi connectivity index (χ4v) is 3.74. The normalized spacial score (nSPS) is 13.4. The summed E-state index contributed by atoms with van der Waals surface area (Å²) in [7, 11) is 0. The van der Waals surface area contributed by atoms with E-state index >= 15 is 0 Å². The number of hydrogen-bond donors (Lipinski definition) is 3. The Morgan fingerprint density at radius 1 is 1.23 bits per heavy atom. The zero-order valence-electron chi connectivity index (χ0n) is 17.6. The summed E-state index contributed by atoms with van der Waals surface area (Å²) in [5, 5.41) is 24.3. The summed E-state index contributed by atoms with van der Waals surface area (Å²) >= 11 is 1.22. The lowest BCUT2D eigenvalue weighted by Gasteiger charge is -2.19. The Morgan fingerprint density at radius 2 is 1.87 bits per heavy atom. The molecule has 1 aromatic carbocycles. The lowest BCUT2D eigenvalue weighted by molar-refractivity contribution is -0.133. The number of aliphatic hydroxyl groups excluding tert-OH is 1. The minimum atomic E-state index is -1.83. The first kappa shape index (κ1) is 24.5. The number of amides is 2. The number of carbonyl (C=O) groups excluding carboxylic acids is 2. The van der Waals surface area contributed by atoms with Crippen LogP contribution in [0, 0.1) is 11.6 Å². The summed E-state index contributed by atoms with van der Waals surface area (Å²) in [5.74, 6) is -3.31. The number of nitrogens with zero attached hydrogens (tertiary/aromatic N) is 2. The van der Waals surface area contributed by atoms with Gasteiger partial charge in [-0.15, -0.1) is 16.8 Å². The maximum Gasteiger partial charge on any atom is 0.254 e. The van der Waals surface area contributed by atoms with Crippen molar-refractivity contribution < 1.29 is 23.5 Å². The Morgan fingerprint density at radius 3 is 2.45 bits per heavy atom. The summed E-state index contributed by atoms with van der Waals surface area (Å²) in [5.41, 5.74) is -0.534. The van der Waals surface area contributed by atoms with Gasteiger partial charge in [0.25, 0.3) is 5.91 Å². The molecule has 168 valence electrons. The fraction of sp³-hybridized carbons (Fsp3) is 0.429. The zero-order chi connectivity index (χ0) is 23.2. The first-order chi connectivity index (χ1) is 14.6. The molecule has 10 heteroatoms. The van der Waals surface area contributed by atoms with Gasteiger partial charge in [-0.25, -0.2) is 8.78 Å². The molecule has 0 saturated heterocycles. The van der Waals surface area contributed by atoms with Crippen LogP contribution in [0.5, 0.6) is 0 Å². The molecule has 1 heterocycles. The van der Waals surface area contributed by atoms with Crippen molar-refractivity contribution in [3.8, 4) is 0 Å². The van der Waals surface area contributed by atoms with Crippen LogP contribution in [0.2, 0.25) is 0 Å². The number of aromatic nitrogens is 2. The number of rotatable bonds is 10. The van der Waals surface area contributed by atoms with Gasteiger partial charge in [-0.1, -0.05) is 44.6 Å². The molecule has 7 nitrogen and oxygen atoms in total. The van der Waals surface area contributed by atoms with Gasteiger partial charge in [-0.05, 0) is 30.5 Å². The second-order valence-electron chi connectivity index (χ2n) is 7.73. The van der Waals surface area contributed by atoms with E-state index in [2.05, 4.69) is 27.4 Å². The number of halogens is 2. The van der Waals surface area contributed by atoms with Gasteiger partial charge in [0.05, 0.1) is 0 Å². The van der Waals surface area contributed by atoms with E-state index in [0.29, 0.717) is 18.9 Å². The molecule has 2 atom stereocenters. The Hall–Kier alpha value is -2.72. The van der Waals surface area contributed by atoms with E-state index in [1.807, 2.05) is 20.8 Å². The molecule has 0 radical (unpaired) electrons. The Kier molecular flexibility index (Phi) is 8.35. The zero-order valence-corrected chi connectivity index (χ0v) is 18.4. The van der Waals surface area contributed by atoms with Crippen molar-refractivity contribution in [1.82, 2.24) is 15.5 Å². The van der Waals surface area contributed by atoms with Crippen molar-refractivity contribution in [1.29, 1.82) is 0 Å². The fourth-order valence-electron chi connectivity index (χ4n) is 2.88. The number of carbonyl (C=O) groups is 2. The first-order valence-corrected chi connectivity index (χ1v) is 10.6. The van der Waals surface area contributed by atoms with E-state index in [1.54, 1.807) is 6.08 Å². The largest absolute Gasteiger partial charge is 0.378 e. The minimum Gasteiger partial charge on any atom is -0.378 e. The summed E-state index contributed by atoms with van der Waals surface area (Å²) in [6.45, 7) is 9.52. The highest BCUT2D eigenvalue weighted by Gasteiger charge is 2.28. The predicted octanol–water partition coefficient (Wildman–Crippen LogP) is 3.63. The monoisotopic (exact) mass is 452 g/mol. The summed E-state index contributed by atoms with van der Waals surface area (Å²) in [6.07, 6.45) is 1.49. The molecular formula is C21H26F2N4O3S. The van der Waals surface area contributed by atoms with Crippen LogP contribution in [0.25, 0.3) is 0 Å². The molecule has 0 aliphatic carbocycles. The molecular weight excluding hydrogens is 426 g/mol. The molecule has 0 saturated carbocycles. The van der Waals surface area contributed by atoms with Crippen LogP contribution in [-0.4, -0.2) is 33.2 Å². The Labute approximate surface area is 183 Å². The standard InChI is InChI=1S/C21H26F2N4O3S/c1-5-7-15(24-18(30)16(28)12-9-13(22)11-14(23)10-12)17(29)25-20-27-26-19(31-20)21(3,4)8-6-2/h6,9-11,15-16,28H,2,5,7-8H2,1,3-4H3,(H,24,30)(H,25,27,29)/t15?,16-/m1/s1. The highest BCUT2D eigenvalue weighted by molar-refractivity contribution is 7.15. The third-order valence-electron chi connectivity index (χ3n) is 4.55. The maximum absolute atomic E-state index is 13.4. The van der Waals surface area contributed by atoms with Gasteiger partial charge >= 0.3 is 0 Å². The molecule has 0 aliphatic heterocycles. The van der Waals surface area contributed by atoms with Gasteiger partial charge in [0.1, 0.15) is 22.7 Å². The highest BCUT2D eigenvalue weighted by atomic mass is 32.1. The maximum atomic E-state index is 13.4. The van der Waals surface area contributed by atoms with Crippen LogP contribution in [0.1, 0.15) is 56.7 Å². The number of hydrogen-bond acceptors (Lipinski definition) is 6. The molecule has 2 aromatic rings. The van der Waals surface area contributed by atoms with Crippen molar-refractivity contribution in [3.63, 3.8) is 0 Å². The average molecular weight is 453 g/mol. The van der Waals surface area contributed by atoms with Crippen LogP contribution in [0.3, 0.4) is 0 Å². The summed E-state index contributed by atoms with van der Waals surface area (Å²) in [4.78, 5) is 25.1. The first-order valence-electron chi connectivity index (χ1n) is 9.77. The Bertz CT molecular complexity index is 928. The van der Waals surface area contributed by atoms with Gasteiger partial charge in [0, 0.05) is 11.5 Å². The van der Waals surface area contributed by atoms with Gasteiger partial charge in [0.15, 0.2) is 6.10 Å². The molecule has 3 N–H and O–H groups in total. The van der Waals surface area contributed by atoms with E-state index < -0.39 is 35.6 Å². The number of aliphatic hydroxyl groups is 1. The smallest absolute Gasteiger partial charge is 0.254 e. The third kappa shape index (κ3) is 6.63. The van der Waals surface area contributed by atoms with Crippen molar-refractivity contribution in [2.24, 2.45) is 0 Å². The number of anilines is 1. The predicted molar refractivity (Wildman–Crippen MR) is 115 cm³/mol. The molecule has 1 unspecified atom stereocenters. The van der Waals surface area contributed by atoms with Crippen molar-refractivity contribution in [2.45, 2.75) is 57.6 Å². The molecule has 31 heavy (non-hydrogen) atoms. The topological polar surface area (TPSA) is 104 Å². The van der Waals surface area contributed by atoms with E-state index in [4.69, 9.17) is 0 Å². The van der Waals surface area contributed by atoms with Crippen LogP contribution in [0.15, 0.2) is 30.9 Å². The van der Waals surface area contributed by atoms with Crippen molar-refractivity contribution in [2.75, 3.05) is 5.32 Å². The van der Waals surface area contributed by atoms with E-state index in [9.17, 15) is 23.5 Å². The van der Waals surface area contributed by atoms with Gasteiger partial charge in [-0.2, -0.15) is 0 Å². The number of benzene rings is 1. The van der Waals surface area contributed by atoms with Gasteiger partial charge in [0.2, 0.25) is 11.0 Å². The van der Waals surface area contributed by atoms with E-state index in [-0.39, 0.29) is 22.5 Å². The molecule has 0 fully saturated rings. The van der Waals surface area contributed by atoms with Crippen LogP contribution in [-0.2, 0) is 15.0 Å². The minimum absolute atomic E-state index is 0.246. The Balaban J connectivity index is 2.09. The van der Waals surface area contributed by atoms with Crippen molar-refractivity contribution >= 4 is 28.3 Å². The van der Waals surface area contributed by atoms with Gasteiger partial charge in [-0.3, -0.25) is 14.9 Å². The summed E-state index contributed by atoms with van der Waals surface area (Å²) < 4.78 is 26.8. The lowest BCUT2D eigenvalue weighted by atomic mass is 9.90. The lowest BCUT2D eigenvalue weighted by Crippen LogP contribution is -2.45. The van der Waals surface area contributed by atoms with E-state index in [0.717, 1.165) is 17.1 Å². The van der Waals surface area contributed by atoms with Crippen LogP contribution < -0.4 is 10.6 Å². The second-order valence-corrected chi connectivity index (χ2v) is 8.71. The van der Waals surface area contributed by atoms with Gasteiger partial charge < -0.3 is 10.4 Å². The number of nitrogens with one attached hydrogen (secondary N) is 2. The van der Waals surface area contributed by atoms with Crippen molar-refractivity contribution in [3.05, 3.63) is 53.1 Å². The average Bonchev–Trinajstić information content (AvgIpc) is 3.15. The molecule has 2 rings (SSSR count).